The second kappa shape index (κ2) is 4.00. The van der Waals surface area contributed by atoms with Crippen molar-refractivity contribution >= 4 is 34.0 Å². The number of benzene rings is 1. The standard InChI is InChI=1S/C12H12Cl2N2O/c1-12(2,3)10-8-6(13)4-5-7(14)9(8)11(17)16-15-10/h4-5H,1-3H3,(H,16,17). The van der Waals surface area contributed by atoms with E-state index in [0.717, 1.165) is 5.69 Å². The van der Waals surface area contributed by atoms with Crippen molar-refractivity contribution in [1.82, 2.24) is 10.2 Å². The van der Waals surface area contributed by atoms with Crippen LogP contribution in [0, 0.1) is 0 Å². The van der Waals surface area contributed by atoms with Crippen molar-refractivity contribution < 1.29 is 0 Å². The third-order valence-electron chi connectivity index (χ3n) is 2.55. The number of hydrogen-bond donors (Lipinski definition) is 1. The minimum absolute atomic E-state index is 0.225. The predicted octanol–water partition coefficient (Wildman–Crippen LogP) is 3.53. The molecule has 0 radical (unpaired) electrons. The van der Waals surface area contributed by atoms with Crippen molar-refractivity contribution in [3.05, 3.63) is 38.2 Å². The molecule has 0 aliphatic carbocycles. The monoisotopic (exact) mass is 270 g/mol. The Labute approximate surface area is 109 Å². The summed E-state index contributed by atoms with van der Waals surface area (Å²) in [5, 5.41) is 8.49. The topological polar surface area (TPSA) is 45.8 Å². The Morgan fingerprint density at radius 1 is 1.12 bits per heavy atom. The summed E-state index contributed by atoms with van der Waals surface area (Å²) in [6.07, 6.45) is 0. The van der Waals surface area contributed by atoms with Gasteiger partial charge in [0.15, 0.2) is 0 Å². The quantitative estimate of drug-likeness (QED) is 0.796. The second-order valence-electron chi connectivity index (χ2n) is 4.93. The zero-order valence-electron chi connectivity index (χ0n) is 9.77. The number of fused-ring (bicyclic) bond motifs is 1. The maximum Gasteiger partial charge on any atom is 0.273 e. The van der Waals surface area contributed by atoms with Gasteiger partial charge in [-0.2, -0.15) is 5.10 Å². The van der Waals surface area contributed by atoms with Gasteiger partial charge in [0.1, 0.15) is 0 Å². The second-order valence-corrected chi connectivity index (χ2v) is 5.74. The van der Waals surface area contributed by atoms with Gasteiger partial charge in [-0.25, -0.2) is 5.10 Å². The molecule has 0 amide bonds. The molecular weight excluding hydrogens is 259 g/mol. The lowest BCUT2D eigenvalue weighted by atomic mass is 9.89. The normalized spacial score (nSPS) is 12.1. The van der Waals surface area contributed by atoms with E-state index < -0.39 is 0 Å². The Morgan fingerprint density at radius 3 is 2.18 bits per heavy atom. The van der Waals surface area contributed by atoms with E-state index in [4.69, 9.17) is 23.2 Å². The highest BCUT2D eigenvalue weighted by Gasteiger charge is 2.22. The van der Waals surface area contributed by atoms with Gasteiger partial charge < -0.3 is 0 Å². The predicted molar refractivity (Wildman–Crippen MR) is 71.1 cm³/mol. The smallest absolute Gasteiger partial charge is 0.267 e. The average molecular weight is 271 g/mol. The lowest BCUT2D eigenvalue weighted by Gasteiger charge is -2.19. The summed E-state index contributed by atoms with van der Waals surface area (Å²) in [6, 6.07) is 3.30. The molecule has 2 aromatic rings. The third kappa shape index (κ3) is 2.05. The van der Waals surface area contributed by atoms with Gasteiger partial charge in [0.05, 0.1) is 21.1 Å². The summed E-state index contributed by atoms with van der Waals surface area (Å²) in [5.41, 5.74) is 0.191. The van der Waals surface area contributed by atoms with Gasteiger partial charge in [-0.3, -0.25) is 4.79 Å². The van der Waals surface area contributed by atoms with Crippen molar-refractivity contribution in [2.45, 2.75) is 26.2 Å². The molecule has 0 unspecified atom stereocenters. The highest BCUT2D eigenvalue weighted by Crippen LogP contribution is 2.33. The minimum atomic E-state index is -0.319. The lowest BCUT2D eigenvalue weighted by molar-refractivity contribution is 0.564. The van der Waals surface area contributed by atoms with E-state index in [1.807, 2.05) is 20.8 Å². The van der Waals surface area contributed by atoms with Gasteiger partial charge in [-0.1, -0.05) is 44.0 Å². The van der Waals surface area contributed by atoms with Crippen molar-refractivity contribution in [2.75, 3.05) is 0 Å². The Bertz CT molecular complexity index is 641. The van der Waals surface area contributed by atoms with Crippen LogP contribution in [-0.4, -0.2) is 10.2 Å². The molecule has 0 saturated heterocycles. The van der Waals surface area contributed by atoms with Crippen LogP contribution < -0.4 is 5.56 Å². The summed E-state index contributed by atoms with van der Waals surface area (Å²) in [7, 11) is 0. The van der Waals surface area contributed by atoms with Crippen LogP contribution in [0.25, 0.3) is 10.8 Å². The summed E-state index contributed by atoms with van der Waals surface area (Å²) < 4.78 is 0. The molecule has 1 aromatic carbocycles. The molecule has 1 heterocycles. The summed E-state index contributed by atoms with van der Waals surface area (Å²) in [6.45, 7) is 6.01. The molecule has 90 valence electrons. The van der Waals surface area contributed by atoms with Gasteiger partial charge in [0.2, 0.25) is 0 Å². The van der Waals surface area contributed by atoms with Crippen molar-refractivity contribution in [2.24, 2.45) is 0 Å². The van der Waals surface area contributed by atoms with E-state index >= 15 is 0 Å². The Hall–Kier alpha value is -1.06. The molecule has 0 spiro atoms. The highest BCUT2D eigenvalue weighted by molar-refractivity contribution is 6.40. The Kier molecular flexibility index (Phi) is 2.92. The number of aromatic nitrogens is 2. The maximum atomic E-state index is 11.8. The summed E-state index contributed by atoms with van der Waals surface area (Å²) in [4.78, 5) is 11.8. The molecule has 0 bridgehead atoms. The van der Waals surface area contributed by atoms with E-state index in [0.29, 0.717) is 20.8 Å². The molecule has 2 rings (SSSR count). The first-order chi connectivity index (χ1) is 7.82. The molecular formula is C12H12Cl2N2O. The fraction of sp³-hybridized carbons (Fsp3) is 0.333. The summed E-state index contributed by atoms with van der Waals surface area (Å²) in [5.74, 6) is 0. The number of aromatic amines is 1. The molecule has 0 saturated carbocycles. The zero-order valence-corrected chi connectivity index (χ0v) is 11.3. The first-order valence-corrected chi connectivity index (χ1v) is 5.95. The molecule has 0 fully saturated rings. The summed E-state index contributed by atoms with van der Waals surface area (Å²) >= 11 is 12.2. The number of hydrogen-bond acceptors (Lipinski definition) is 2. The number of halogens is 2. The maximum absolute atomic E-state index is 11.8. The van der Waals surface area contributed by atoms with Gasteiger partial charge >= 0.3 is 0 Å². The number of H-pyrrole nitrogens is 1. The molecule has 0 atom stereocenters. The molecule has 17 heavy (non-hydrogen) atoms. The Balaban J connectivity index is 3.05. The van der Waals surface area contributed by atoms with Gasteiger partial charge in [0, 0.05) is 10.8 Å². The van der Waals surface area contributed by atoms with Crippen LogP contribution in [-0.2, 0) is 5.41 Å². The van der Waals surface area contributed by atoms with E-state index in [1.54, 1.807) is 12.1 Å². The van der Waals surface area contributed by atoms with Crippen molar-refractivity contribution in [3.8, 4) is 0 Å². The fourth-order valence-electron chi connectivity index (χ4n) is 1.77. The van der Waals surface area contributed by atoms with Crippen LogP contribution in [0.1, 0.15) is 26.5 Å². The first kappa shape index (κ1) is 12.4. The lowest BCUT2D eigenvalue weighted by Crippen LogP contribution is -2.20. The van der Waals surface area contributed by atoms with Crippen LogP contribution in [0.4, 0.5) is 0 Å². The van der Waals surface area contributed by atoms with Crippen LogP contribution in [0.2, 0.25) is 10.0 Å². The van der Waals surface area contributed by atoms with Crippen LogP contribution in [0.3, 0.4) is 0 Å². The average Bonchev–Trinajstić information content (AvgIpc) is 2.22. The fourth-order valence-corrected chi connectivity index (χ4v) is 2.26. The highest BCUT2D eigenvalue weighted by atomic mass is 35.5. The van der Waals surface area contributed by atoms with Gasteiger partial charge in [-0.05, 0) is 12.1 Å². The number of nitrogens with zero attached hydrogens (tertiary/aromatic N) is 1. The zero-order chi connectivity index (χ0) is 12.8. The number of nitrogens with one attached hydrogen (secondary N) is 1. The Morgan fingerprint density at radius 2 is 1.65 bits per heavy atom. The van der Waals surface area contributed by atoms with E-state index in [-0.39, 0.29) is 11.0 Å². The van der Waals surface area contributed by atoms with Crippen molar-refractivity contribution in [3.63, 3.8) is 0 Å². The van der Waals surface area contributed by atoms with Gasteiger partial charge in [-0.15, -0.1) is 0 Å². The SMILES string of the molecule is CC(C)(C)c1n[nH]c(=O)c2c(Cl)ccc(Cl)c12. The van der Waals surface area contributed by atoms with Crippen LogP contribution in [0.15, 0.2) is 16.9 Å². The molecule has 3 nitrogen and oxygen atoms in total. The largest absolute Gasteiger partial charge is 0.273 e. The molecule has 1 N–H and O–H groups in total. The molecule has 0 aliphatic heterocycles. The first-order valence-electron chi connectivity index (χ1n) is 5.19. The van der Waals surface area contributed by atoms with E-state index in [2.05, 4.69) is 10.2 Å². The molecule has 5 heteroatoms. The molecule has 1 aromatic heterocycles. The van der Waals surface area contributed by atoms with Crippen LogP contribution >= 0.6 is 23.2 Å². The van der Waals surface area contributed by atoms with Crippen molar-refractivity contribution in [1.29, 1.82) is 0 Å². The van der Waals surface area contributed by atoms with E-state index in [9.17, 15) is 4.79 Å². The van der Waals surface area contributed by atoms with Gasteiger partial charge in [0.25, 0.3) is 5.56 Å². The molecule has 0 aliphatic rings. The minimum Gasteiger partial charge on any atom is -0.267 e. The third-order valence-corrected chi connectivity index (χ3v) is 3.18. The number of rotatable bonds is 0. The van der Waals surface area contributed by atoms with Crippen LogP contribution in [0.5, 0.6) is 0 Å². The van der Waals surface area contributed by atoms with E-state index in [1.165, 1.54) is 0 Å².